The monoisotopic (exact) mass is 372 g/mol. The minimum absolute atomic E-state index is 0.109. The van der Waals surface area contributed by atoms with Gasteiger partial charge in [0, 0.05) is 32.3 Å². The van der Waals surface area contributed by atoms with Gasteiger partial charge in [0.1, 0.15) is 0 Å². The summed E-state index contributed by atoms with van der Waals surface area (Å²) in [6.45, 7) is 8.88. The largest absolute Gasteiger partial charge is 0.501 e. The van der Waals surface area contributed by atoms with Crippen molar-refractivity contribution >= 4 is 8.80 Å². The normalized spacial score (nSPS) is 25.8. The third-order valence-corrected chi connectivity index (χ3v) is 8.32. The fraction of sp³-hybridized carbons (Fsp3) is 1.00. The lowest BCUT2D eigenvalue weighted by Crippen LogP contribution is -2.56. The second-order valence-electron chi connectivity index (χ2n) is 7.81. The zero-order chi connectivity index (χ0) is 18.0. The molecule has 1 saturated carbocycles. The maximum atomic E-state index is 6.36. The van der Waals surface area contributed by atoms with Crippen molar-refractivity contribution < 1.29 is 18.0 Å². The Morgan fingerprint density at radius 3 is 1.84 bits per heavy atom. The van der Waals surface area contributed by atoms with Crippen molar-refractivity contribution in [3.63, 3.8) is 0 Å². The molecule has 4 nitrogen and oxygen atoms in total. The van der Waals surface area contributed by atoms with Gasteiger partial charge in [-0.1, -0.05) is 40.0 Å². The molecule has 2 unspecified atom stereocenters. The van der Waals surface area contributed by atoms with E-state index in [1.807, 2.05) is 0 Å². The Balaban J connectivity index is 1.94. The minimum Gasteiger partial charge on any atom is -0.373 e. The first kappa shape index (κ1) is 21.4. The molecule has 25 heavy (non-hydrogen) atoms. The van der Waals surface area contributed by atoms with Crippen LogP contribution in [0.1, 0.15) is 91.4 Å². The Morgan fingerprint density at radius 2 is 1.44 bits per heavy atom. The summed E-state index contributed by atoms with van der Waals surface area (Å²) in [5.41, 5.74) is 0.109. The van der Waals surface area contributed by atoms with Crippen LogP contribution < -0.4 is 0 Å². The number of unbranched alkanes of at least 4 members (excludes halogenated alkanes) is 3. The van der Waals surface area contributed by atoms with Crippen LogP contribution in [-0.4, -0.2) is 40.3 Å². The van der Waals surface area contributed by atoms with Crippen LogP contribution in [0.4, 0.5) is 0 Å². The molecular formula is C20H40O4Si. The first-order chi connectivity index (χ1) is 12.2. The van der Waals surface area contributed by atoms with E-state index in [0.29, 0.717) is 6.10 Å². The van der Waals surface area contributed by atoms with Crippen LogP contribution in [0.3, 0.4) is 0 Å². The Kier molecular flexibility index (Phi) is 9.42. The van der Waals surface area contributed by atoms with Crippen molar-refractivity contribution in [2.75, 3.05) is 19.8 Å². The maximum Gasteiger partial charge on any atom is 0.501 e. The van der Waals surface area contributed by atoms with Gasteiger partial charge in [0.2, 0.25) is 0 Å². The van der Waals surface area contributed by atoms with Gasteiger partial charge in [0.05, 0.1) is 11.7 Å². The molecule has 2 atom stereocenters. The summed E-state index contributed by atoms with van der Waals surface area (Å²) in [4.78, 5) is 0. The highest BCUT2D eigenvalue weighted by atomic mass is 28.4. The van der Waals surface area contributed by atoms with Crippen molar-refractivity contribution in [2.45, 2.75) is 109 Å². The smallest absolute Gasteiger partial charge is 0.373 e. The maximum absolute atomic E-state index is 6.36. The van der Waals surface area contributed by atoms with Crippen LogP contribution in [0.25, 0.3) is 0 Å². The molecule has 0 radical (unpaired) electrons. The number of rotatable bonds is 15. The van der Waals surface area contributed by atoms with Gasteiger partial charge in [0.15, 0.2) is 0 Å². The number of hydrogen-bond acceptors (Lipinski definition) is 4. The van der Waals surface area contributed by atoms with E-state index >= 15 is 0 Å². The molecular weight excluding hydrogens is 332 g/mol. The van der Waals surface area contributed by atoms with E-state index in [9.17, 15) is 0 Å². The van der Waals surface area contributed by atoms with Crippen molar-refractivity contribution in [3.8, 4) is 0 Å². The molecule has 3 aliphatic rings. The summed E-state index contributed by atoms with van der Waals surface area (Å²) in [6.07, 6.45) is 13.2. The van der Waals surface area contributed by atoms with Crippen LogP contribution >= 0.6 is 0 Å². The molecule has 0 aromatic carbocycles. The number of ether oxygens (including phenoxy) is 1. The summed E-state index contributed by atoms with van der Waals surface area (Å²) in [5.74, 6) is 0. The average molecular weight is 373 g/mol. The van der Waals surface area contributed by atoms with Gasteiger partial charge in [-0.25, -0.2) is 0 Å². The van der Waals surface area contributed by atoms with E-state index < -0.39 is 8.80 Å². The predicted molar refractivity (Wildman–Crippen MR) is 104 cm³/mol. The van der Waals surface area contributed by atoms with Gasteiger partial charge >= 0.3 is 8.80 Å². The molecule has 3 rings (SSSR count). The molecule has 0 N–H and O–H groups in total. The predicted octanol–water partition coefficient (Wildman–Crippen LogP) is 5.48. The standard InChI is InChI=1S/C20H40O4Si/c1-4-7-14-21-25(22-15-8-5-2,23-16-9-6-3)17-13-20-12-10-11-19(18-20)24-20/h19H,4-18H2,1-3H3. The average Bonchev–Trinajstić information content (AvgIpc) is 2.60. The van der Waals surface area contributed by atoms with Crippen LogP contribution in [0.15, 0.2) is 0 Å². The van der Waals surface area contributed by atoms with E-state index in [0.717, 1.165) is 70.8 Å². The van der Waals surface area contributed by atoms with Gasteiger partial charge in [-0.3, -0.25) is 0 Å². The molecule has 0 spiro atoms. The van der Waals surface area contributed by atoms with E-state index in [-0.39, 0.29) is 5.60 Å². The fourth-order valence-electron chi connectivity index (χ4n) is 3.86. The first-order valence-corrected chi connectivity index (χ1v) is 12.7. The Morgan fingerprint density at radius 1 is 0.920 bits per heavy atom. The molecule has 148 valence electrons. The van der Waals surface area contributed by atoms with E-state index in [1.165, 1.54) is 25.7 Å². The highest BCUT2D eigenvalue weighted by Gasteiger charge is 2.51. The van der Waals surface area contributed by atoms with Gasteiger partial charge < -0.3 is 18.0 Å². The summed E-state index contributed by atoms with van der Waals surface area (Å²) < 4.78 is 25.3. The van der Waals surface area contributed by atoms with Crippen molar-refractivity contribution in [3.05, 3.63) is 0 Å². The highest BCUT2D eigenvalue weighted by Crippen LogP contribution is 2.48. The summed E-state index contributed by atoms with van der Waals surface area (Å²) in [7, 11) is -2.59. The summed E-state index contributed by atoms with van der Waals surface area (Å²) >= 11 is 0. The number of fused-ring (bicyclic) bond motifs is 2. The van der Waals surface area contributed by atoms with E-state index in [1.54, 1.807) is 0 Å². The lowest BCUT2D eigenvalue weighted by molar-refractivity contribution is -0.237. The summed E-state index contributed by atoms with van der Waals surface area (Å²) in [5, 5.41) is 0. The molecule has 0 aromatic heterocycles. The first-order valence-electron chi connectivity index (χ1n) is 10.8. The van der Waals surface area contributed by atoms with Gasteiger partial charge in [-0.05, 0) is 44.9 Å². The molecule has 2 heterocycles. The van der Waals surface area contributed by atoms with E-state index in [4.69, 9.17) is 18.0 Å². The van der Waals surface area contributed by atoms with Crippen LogP contribution in [0.2, 0.25) is 6.04 Å². The molecule has 2 saturated heterocycles. The van der Waals surface area contributed by atoms with Crippen LogP contribution in [0.5, 0.6) is 0 Å². The molecule has 2 bridgehead atoms. The van der Waals surface area contributed by atoms with Gasteiger partial charge in [-0.2, -0.15) is 0 Å². The second-order valence-corrected chi connectivity index (χ2v) is 10.5. The lowest BCUT2D eigenvalue weighted by Gasteiger charge is -2.53. The van der Waals surface area contributed by atoms with Crippen molar-refractivity contribution in [2.24, 2.45) is 0 Å². The topological polar surface area (TPSA) is 36.9 Å². The Bertz CT molecular complexity index is 326. The van der Waals surface area contributed by atoms with Crippen LogP contribution in [-0.2, 0) is 18.0 Å². The third-order valence-electron chi connectivity index (χ3n) is 5.52. The second kappa shape index (κ2) is 11.0. The van der Waals surface area contributed by atoms with Crippen LogP contribution in [0, 0.1) is 0 Å². The molecule has 2 aliphatic heterocycles. The number of hydrogen-bond donors (Lipinski definition) is 0. The van der Waals surface area contributed by atoms with Crippen molar-refractivity contribution in [1.82, 2.24) is 0 Å². The zero-order valence-electron chi connectivity index (χ0n) is 16.8. The zero-order valence-corrected chi connectivity index (χ0v) is 17.8. The van der Waals surface area contributed by atoms with Gasteiger partial charge in [0.25, 0.3) is 0 Å². The Hall–Kier alpha value is 0.0569. The lowest BCUT2D eigenvalue weighted by atomic mass is 9.75. The molecule has 0 aromatic rings. The molecule has 5 heteroatoms. The SMILES string of the molecule is CCCCO[Si](CCC12CCCC(C1)O2)(OCCCC)OCCCC. The van der Waals surface area contributed by atoms with Crippen molar-refractivity contribution in [1.29, 1.82) is 0 Å². The highest BCUT2D eigenvalue weighted by molar-refractivity contribution is 6.60. The molecule has 1 aliphatic carbocycles. The van der Waals surface area contributed by atoms with E-state index in [2.05, 4.69) is 20.8 Å². The van der Waals surface area contributed by atoms with Gasteiger partial charge in [-0.15, -0.1) is 0 Å². The minimum atomic E-state index is -2.59. The third kappa shape index (κ3) is 6.62. The summed E-state index contributed by atoms with van der Waals surface area (Å²) in [6, 6.07) is 0.914. The quantitative estimate of drug-likeness (QED) is 0.282. The molecule has 0 amide bonds. The fourth-order valence-corrected chi connectivity index (χ4v) is 6.67. The Labute approximate surface area is 156 Å². The molecule has 3 fully saturated rings.